The Labute approximate surface area is 112 Å². The maximum atomic E-state index is 12.3. The number of esters is 1. The highest BCUT2D eigenvalue weighted by molar-refractivity contribution is 8.00. The second-order valence-corrected chi connectivity index (χ2v) is 4.65. The van der Waals surface area contributed by atoms with Gasteiger partial charge in [0.25, 0.3) is 0 Å². The molecule has 0 amide bonds. The van der Waals surface area contributed by atoms with Gasteiger partial charge in [0.2, 0.25) is 0 Å². The van der Waals surface area contributed by atoms with E-state index in [0.717, 1.165) is 6.07 Å². The van der Waals surface area contributed by atoms with Crippen molar-refractivity contribution in [2.24, 2.45) is 0 Å². The zero-order valence-corrected chi connectivity index (χ0v) is 11.0. The normalized spacial score (nSPS) is 10.9. The summed E-state index contributed by atoms with van der Waals surface area (Å²) < 4.78 is 41.7. The Morgan fingerprint density at radius 2 is 2.11 bits per heavy atom. The molecule has 0 spiro atoms. The Morgan fingerprint density at radius 3 is 2.58 bits per heavy atom. The highest BCUT2D eigenvalue weighted by Crippen LogP contribution is 2.39. The van der Waals surface area contributed by atoms with Gasteiger partial charge in [-0.3, -0.25) is 0 Å². The van der Waals surface area contributed by atoms with Crippen LogP contribution in [0.3, 0.4) is 0 Å². The molecule has 1 aromatic rings. The van der Waals surface area contributed by atoms with Crippen LogP contribution in [0.25, 0.3) is 0 Å². The van der Waals surface area contributed by atoms with Crippen LogP contribution >= 0.6 is 11.8 Å². The number of hydrogen-bond donors (Lipinski definition) is 0. The van der Waals surface area contributed by atoms with Gasteiger partial charge >= 0.3 is 11.5 Å². The van der Waals surface area contributed by atoms with E-state index < -0.39 is 11.5 Å². The lowest BCUT2D eigenvalue weighted by molar-refractivity contribution is -0.0328. The number of nitriles is 1. The molecule has 0 unspecified atom stereocenters. The zero-order chi connectivity index (χ0) is 14.6. The van der Waals surface area contributed by atoms with E-state index in [1.807, 2.05) is 0 Å². The first-order chi connectivity index (χ1) is 8.78. The van der Waals surface area contributed by atoms with Crippen LogP contribution in [0.2, 0.25) is 0 Å². The van der Waals surface area contributed by atoms with Crippen LogP contribution in [-0.2, 0) is 4.74 Å². The molecule has 0 aliphatic heterocycles. The Hall–Kier alpha value is -1.68. The zero-order valence-electron chi connectivity index (χ0n) is 10.2. The number of rotatable bonds is 3. The van der Waals surface area contributed by atoms with E-state index in [-0.39, 0.29) is 40.0 Å². The summed E-state index contributed by atoms with van der Waals surface area (Å²) in [6.45, 7) is 3.17. The number of halogens is 3. The first-order valence-corrected chi connectivity index (χ1v) is 6.07. The summed E-state index contributed by atoms with van der Waals surface area (Å²) in [5.74, 6) is -0.717. The highest BCUT2D eigenvalue weighted by atomic mass is 32.2. The minimum Gasteiger partial charge on any atom is -0.462 e. The number of nitrogens with zero attached hydrogens (tertiary/aromatic N) is 1. The number of ether oxygens (including phenoxy) is 1. The van der Waals surface area contributed by atoms with Gasteiger partial charge in [-0.25, -0.2) is 4.79 Å². The average Bonchev–Trinajstić information content (AvgIpc) is 2.29. The van der Waals surface area contributed by atoms with E-state index in [0.29, 0.717) is 0 Å². The predicted molar refractivity (Wildman–Crippen MR) is 63.8 cm³/mol. The lowest BCUT2D eigenvalue weighted by Crippen LogP contribution is -2.08. The van der Waals surface area contributed by atoms with Gasteiger partial charge in [0.1, 0.15) is 6.07 Å². The van der Waals surface area contributed by atoms with Crippen molar-refractivity contribution in [3.8, 4) is 6.07 Å². The van der Waals surface area contributed by atoms with Gasteiger partial charge in [0.15, 0.2) is 0 Å². The summed E-state index contributed by atoms with van der Waals surface area (Å²) in [5, 5.41) is 8.90. The third kappa shape index (κ3) is 4.17. The largest absolute Gasteiger partial charge is 0.462 e. The summed E-state index contributed by atoms with van der Waals surface area (Å²) in [4.78, 5) is 11.5. The average molecular weight is 289 g/mol. The van der Waals surface area contributed by atoms with Gasteiger partial charge in [0.05, 0.1) is 17.7 Å². The molecule has 0 heterocycles. The van der Waals surface area contributed by atoms with Crippen molar-refractivity contribution in [2.45, 2.75) is 24.3 Å². The fourth-order valence-corrected chi connectivity index (χ4v) is 2.04. The van der Waals surface area contributed by atoms with Crippen LogP contribution in [0.5, 0.6) is 0 Å². The second kappa shape index (κ2) is 5.97. The van der Waals surface area contributed by atoms with Gasteiger partial charge in [-0.15, -0.1) is 0 Å². The Kier molecular flexibility index (Phi) is 4.84. The molecule has 0 aliphatic rings. The van der Waals surface area contributed by atoms with Crippen LogP contribution in [0.4, 0.5) is 13.2 Å². The number of thioether (sulfide) groups is 1. The molecule has 102 valence electrons. The summed E-state index contributed by atoms with van der Waals surface area (Å²) >= 11 is -0.313. The smallest absolute Gasteiger partial charge is 0.446 e. The van der Waals surface area contributed by atoms with E-state index in [1.165, 1.54) is 13.0 Å². The number of hydrogen-bond acceptors (Lipinski definition) is 4. The monoisotopic (exact) mass is 289 g/mol. The second-order valence-electron chi connectivity index (χ2n) is 3.54. The van der Waals surface area contributed by atoms with Crippen molar-refractivity contribution >= 4 is 17.7 Å². The fraction of sp³-hybridized carbons (Fsp3) is 0.333. The van der Waals surface area contributed by atoms with Crippen LogP contribution in [0.1, 0.15) is 28.4 Å². The Balaban J connectivity index is 3.22. The van der Waals surface area contributed by atoms with Crippen LogP contribution < -0.4 is 0 Å². The van der Waals surface area contributed by atoms with E-state index in [2.05, 4.69) is 0 Å². The number of benzene rings is 1. The molecular formula is C12H10F3NO2S. The molecule has 0 saturated heterocycles. The van der Waals surface area contributed by atoms with E-state index in [9.17, 15) is 18.0 Å². The summed E-state index contributed by atoms with van der Waals surface area (Å²) in [6, 6.07) is 4.00. The number of carbonyl (C=O) groups excluding carboxylic acids is 1. The quantitative estimate of drug-likeness (QED) is 0.629. The lowest BCUT2D eigenvalue weighted by atomic mass is 10.1. The third-order valence-corrected chi connectivity index (χ3v) is 3.05. The first-order valence-electron chi connectivity index (χ1n) is 5.26. The van der Waals surface area contributed by atoms with E-state index in [1.54, 1.807) is 13.0 Å². The lowest BCUT2D eigenvalue weighted by Gasteiger charge is -2.11. The van der Waals surface area contributed by atoms with Gasteiger partial charge < -0.3 is 4.74 Å². The Bertz CT molecular complexity index is 535. The van der Waals surface area contributed by atoms with Crippen molar-refractivity contribution in [1.29, 1.82) is 5.26 Å². The predicted octanol–water partition coefficient (Wildman–Crippen LogP) is 3.66. The first kappa shape index (κ1) is 15.4. The van der Waals surface area contributed by atoms with Gasteiger partial charge in [-0.1, -0.05) is 0 Å². The summed E-state index contributed by atoms with van der Waals surface area (Å²) in [7, 11) is 0. The SMILES string of the molecule is CCOC(=O)c1cc(C)c(SC(F)(F)F)cc1C#N. The molecule has 0 fully saturated rings. The van der Waals surface area contributed by atoms with Crippen molar-refractivity contribution < 1.29 is 22.7 Å². The summed E-state index contributed by atoms with van der Waals surface area (Å²) in [5.41, 5.74) is -4.32. The Morgan fingerprint density at radius 1 is 1.47 bits per heavy atom. The maximum Gasteiger partial charge on any atom is 0.446 e. The van der Waals surface area contributed by atoms with Crippen LogP contribution in [0.15, 0.2) is 17.0 Å². The molecule has 0 radical (unpaired) electrons. The molecule has 19 heavy (non-hydrogen) atoms. The van der Waals surface area contributed by atoms with Crippen molar-refractivity contribution in [3.05, 3.63) is 28.8 Å². The molecule has 0 bridgehead atoms. The van der Waals surface area contributed by atoms with Crippen molar-refractivity contribution in [3.63, 3.8) is 0 Å². The molecule has 0 aliphatic carbocycles. The third-order valence-electron chi connectivity index (χ3n) is 2.16. The minimum atomic E-state index is -4.44. The molecule has 0 saturated carbocycles. The molecule has 7 heteroatoms. The van der Waals surface area contributed by atoms with Gasteiger partial charge in [0, 0.05) is 4.90 Å². The molecule has 0 N–H and O–H groups in total. The van der Waals surface area contributed by atoms with Gasteiger partial charge in [-0.2, -0.15) is 18.4 Å². The fourth-order valence-electron chi connectivity index (χ4n) is 1.39. The van der Waals surface area contributed by atoms with Crippen LogP contribution in [0, 0.1) is 18.3 Å². The number of carbonyl (C=O) groups is 1. The molecule has 1 aromatic carbocycles. The van der Waals surface area contributed by atoms with Crippen molar-refractivity contribution in [2.75, 3.05) is 6.61 Å². The molecule has 1 rings (SSSR count). The molecule has 3 nitrogen and oxygen atoms in total. The summed E-state index contributed by atoms with van der Waals surface area (Å²) in [6.07, 6.45) is 0. The molecule has 0 aromatic heterocycles. The minimum absolute atomic E-state index is 0.0200. The van der Waals surface area contributed by atoms with E-state index >= 15 is 0 Å². The van der Waals surface area contributed by atoms with Crippen molar-refractivity contribution in [1.82, 2.24) is 0 Å². The van der Waals surface area contributed by atoms with Crippen LogP contribution in [-0.4, -0.2) is 18.1 Å². The highest BCUT2D eigenvalue weighted by Gasteiger charge is 2.30. The number of aryl methyl sites for hydroxylation is 1. The standard InChI is InChI=1S/C12H10F3NO2S/c1-3-18-11(17)9-4-7(2)10(5-8(9)6-16)19-12(13,14)15/h4-5H,3H2,1-2H3. The van der Waals surface area contributed by atoms with E-state index in [4.69, 9.17) is 10.00 Å². The molecular weight excluding hydrogens is 279 g/mol. The van der Waals surface area contributed by atoms with Gasteiger partial charge in [-0.05, 0) is 43.3 Å². The maximum absolute atomic E-state index is 12.3. The number of alkyl halides is 3. The molecule has 0 atom stereocenters. The topological polar surface area (TPSA) is 50.1 Å².